The van der Waals surface area contributed by atoms with Crippen molar-refractivity contribution in [2.45, 2.75) is 226 Å². The molecule has 0 aliphatic rings. The predicted molar refractivity (Wildman–Crippen MR) is 237 cm³/mol. The maximum absolute atomic E-state index is 13.0. The SMILES string of the molecule is CC(=O)OCCCCCCC/C=C\CCCCCCCCC(CCCCCCCC/C=C\CCCCCCCOC(C)=O)OC(=O)CC(C)CC(C)CN(C)C. The first-order chi connectivity index (χ1) is 27.1. The highest BCUT2D eigenvalue weighted by atomic mass is 16.5. The van der Waals surface area contributed by atoms with Gasteiger partial charge in [-0.1, -0.05) is 128 Å². The van der Waals surface area contributed by atoms with Gasteiger partial charge in [-0.05, 0) is 122 Å². The van der Waals surface area contributed by atoms with Crippen LogP contribution in [0.3, 0.4) is 0 Å². The van der Waals surface area contributed by atoms with Crippen molar-refractivity contribution in [3.8, 4) is 0 Å². The van der Waals surface area contributed by atoms with Crippen molar-refractivity contribution in [1.82, 2.24) is 4.90 Å². The number of unbranched alkanes of at least 4 members (excludes halogenated alkanes) is 22. The van der Waals surface area contributed by atoms with Gasteiger partial charge in [-0.2, -0.15) is 0 Å². The Morgan fingerprint density at radius 1 is 0.482 bits per heavy atom. The van der Waals surface area contributed by atoms with Gasteiger partial charge in [0.15, 0.2) is 0 Å². The lowest BCUT2D eigenvalue weighted by Gasteiger charge is -2.22. The maximum atomic E-state index is 13.0. The Balaban J connectivity index is 4.17. The third kappa shape index (κ3) is 43.0. The van der Waals surface area contributed by atoms with Gasteiger partial charge in [0.05, 0.1) is 13.2 Å². The number of ether oxygens (including phenoxy) is 3. The molecule has 328 valence electrons. The van der Waals surface area contributed by atoms with E-state index in [1.54, 1.807) is 0 Å². The molecule has 0 heterocycles. The lowest BCUT2D eigenvalue weighted by molar-refractivity contribution is -0.151. The van der Waals surface area contributed by atoms with Crippen LogP contribution < -0.4 is 0 Å². The third-order valence-corrected chi connectivity index (χ3v) is 10.6. The number of carbonyl (C=O) groups excluding carboxylic acids is 3. The van der Waals surface area contributed by atoms with Crippen LogP contribution in [0.5, 0.6) is 0 Å². The Bertz CT molecular complexity index is 906. The molecule has 0 rings (SSSR count). The molecule has 0 aliphatic heterocycles. The lowest BCUT2D eigenvalue weighted by atomic mass is 9.94. The van der Waals surface area contributed by atoms with Crippen LogP contribution in [-0.2, 0) is 28.6 Å². The van der Waals surface area contributed by atoms with Gasteiger partial charge in [-0.3, -0.25) is 14.4 Å². The van der Waals surface area contributed by atoms with Crippen LogP contribution in [0, 0.1) is 11.8 Å². The van der Waals surface area contributed by atoms with E-state index in [-0.39, 0.29) is 24.0 Å². The molecule has 0 spiro atoms. The predicted octanol–water partition coefficient (Wildman–Crippen LogP) is 13.7. The largest absolute Gasteiger partial charge is 0.466 e. The summed E-state index contributed by atoms with van der Waals surface area (Å²) in [5.41, 5.74) is 0. The quantitative estimate of drug-likeness (QED) is 0.0264. The van der Waals surface area contributed by atoms with Crippen molar-refractivity contribution in [3.63, 3.8) is 0 Å². The van der Waals surface area contributed by atoms with E-state index in [9.17, 15) is 14.4 Å². The number of rotatable bonds is 41. The fraction of sp³-hybridized carbons (Fsp3) is 0.857. The number of allylic oxidation sites excluding steroid dienone is 4. The van der Waals surface area contributed by atoms with Gasteiger partial charge >= 0.3 is 17.9 Å². The van der Waals surface area contributed by atoms with Crippen molar-refractivity contribution >= 4 is 17.9 Å². The second-order valence-electron chi connectivity index (χ2n) is 17.2. The van der Waals surface area contributed by atoms with E-state index in [0.717, 1.165) is 64.3 Å². The standard InChI is InChI=1S/C49H91NO6/c1-44(41-45(2)43-50(5)6)42-49(53)56-48(37-33-29-25-21-17-13-9-7-11-15-19-23-27-31-35-39-54-46(3)51)38-34-30-26-22-18-14-10-8-12-16-20-24-28-32-36-40-55-47(4)52/h7-8,11-12,44-45,48H,9-10,13-43H2,1-6H3/b11-7-,12-8-. The smallest absolute Gasteiger partial charge is 0.306 e. The fourth-order valence-corrected chi connectivity index (χ4v) is 7.62. The van der Waals surface area contributed by atoms with Crippen LogP contribution in [-0.4, -0.2) is 62.8 Å². The van der Waals surface area contributed by atoms with E-state index in [0.29, 0.717) is 31.5 Å². The van der Waals surface area contributed by atoms with E-state index in [1.165, 1.54) is 142 Å². The zero-order valence-electron chi connectivity index (χ0n) is 37.8. The summed E-state index contributed by atoms with van der Waals surface area (Å²) in [5, 5.41) is 0. The molecule has 2 unspecified atom stereocenters. The summed E-state index contributed by atoms with van der Waals surface area (Å²) in [7, 11) is 4.23. The van der Waals surface area contributed by atoms with E-state index < -0.39 is 0 Å². The van der Waals surface area contributed by atoms with Gasteiger partial charge in [0.2, 0.25) is 0 Å². The Hall–Kier alpha value is -2.15. The van der Waals surface area contributed by atoms with Gasteiger partial charge in [0, 0.05) is 26.8 Å². The highest BCUT2D eigenvalue weighted by Gasteiger charge is 2.18. The summed E-state index contributed by atoms with van der Waals surface area (Å²) in [6.07, 6.45) is 44.6. The summed E-state index contributed by atoms with van der Waals surface area (Å²) in [6.45, 7) is 9.61. The third-order valence-electron chi connectivity index (χ3n) is 10.6. The van der Waals surface area contributed by atoms with E-state index >= 15 is 0 Å². The molecule has 0 saturated carbocycles. The molecular weight excluding hydrogens is 699 g/mol. The summed E-state index contributed by atoms with van der Waals surface area (Å²) in [5.74, 6) is 0.591. The normalized spacial score (nSPS) is 12.9. The van der Waals surface area contributed by atoms with Crippen molar-refractivity contribution in [1.29, 1.82) is 0 Å². The summed E-state index contributed by atoms with van der Waals surface area (Å²) in [4.78, 5) is 36.8. The van der Waals surface area contributed by atoms with Crippen molar-refractivity contribution in [2.24, 2.45) is 11.8 Å². The van der Waals surface area contributed by atoms with E-state index in [4.69, 9.17) is 14.2 Å². The molecule has 0 aromatic carbocycles. The van der Waals surface area contributed by atoms with Crippen LogP contribution in [0.1, 0.15) is 220 Å². The summed E-state index contributed by atoms with van der Waals surface area (Å²) >= 11 is 0. The van der Waals surface area contributed by atoms with Crippen LogP contribution in [0.4, 0.5) is 0 Å². The molecule has 2 atom stereocenters. The van der Waals surface area contributed by atoms with Crippen LogP contribution in [0.15, 0.2) is 24.3 Å². The number of hydrogen-bond acceptors (Lipinski definition) is 7. The Morgan fingerprint density at radius 3 is 1.18 bits per heavy atom. The summed E-state index contributed by atoms with van der Waals surface area (Å²) < 4.78 is 16.1. The Kier molecular flexibility index (Phi) is 39.5. The molecule has 7 nitrogen and oxygen atoms in total. The molecule has 56 heavy (non-hydrogen) atoms. The van der Waals surface area contributed by atoms with E-state index in [1.807, 2.05) is 0 Å². The molecule has 7 heteroatoms. The monoisotopic (exact) mass is 790 g/mol. The number of hydrogen-bond donors (Lipinski definition) is 0. The number of nitrogens with zero attached hydrogens (tertiary/aromatic N) is 1. The Labute approximate surface area is 346 Å². The second kappa shape index (κ2) is 41.0. The highest BCUT2D eigenvalue weighted by Crippen LogP contribution is 2.21. The van der Waals surface area contributed by atoms with E-state index in [2.05, 4.69) is 57.1 Å². The average molecular weight is 790 g/mol. The molecular formula is C49H91NO6. The van der Waals surface area contributed by atoms with Crippen LogP contribution in [0.2, 0.25) is 0 Å². The lowest BCUT2D eigenvalue weighted by Crippen LogP contribution is -2.23. The molecule has 0 fully saturated rings. The minimum absolute atomic E-state index is 0.00756. The van der Waals surface area contributed by atoms with Gasteiger partial charge in [-0.25, -0.2) is 0 Å². The van der Waals surface area contributed by atoms with Gasteiger partial charge in [-0.15, -0.1) is 0 Å². The molecule has 0 aromatic heterocycles. The Morgan fingerprint density at radius 2 is 0.821 bits per heavy atom. The molecule has 0 aromatic rings. The molecule has 0 amide bonds. The minimum Gasteiger partial charge on any atom is -0.466 e. The molecule has 0 saturated heterocycles. The number of carbonyl (C=O) groups is 3. The first kappa shape index (κ1) is 53.9. The zero-order chi connectivity index (χ0) is 41.3. The topological polar surface area (TPSA) is 82.1 Å². The number of esters is 3. The first-order valence-corrected chi connectivity index (χ1v) is 23.5. The molecule has 0 N–H and O–H groups in total. The minimum atomic E-state index is -0.176. The zero-order valence-corrected chi connectivity index (χ0v) is 37.8. The maximum Gasteiger partial charge on any atom is 0.306 e. The molecule has 0 bridgehead atoms. The van der Waals surface area contributed by atoms with Crippen LogP contribution in [0.25, 0.3) is 0 Å². The van der Waals surface area contributed by atoms with Gasteiger partial charge < -0.3 is 19.1 Å². The van der Waals surface area contributed by atoms with Crippen molar-refractivity contribution in [3.05, 3.63) is 24.3 Å². The van der Waals surface area contributed by atoms with Crippen molar-refractivity contribution < 1.29 is 28.6 Å². The van der Waals surface area contributed by atoms with Crippen LogP contribution >= 0.6 is 0 Å². The fourth-order valence-electron chi connectivity index (χ4n) is 7.62. The van der Waals surface area contributed by atoms with Crippen molar-refractivity contribution in [2.75, 3.05) is 33.9 Å². The first-order valence-electron chi connectivity index (χ1n) is 23.5. The van der Waals surface area contributed by atoms with Gasteiger partial charge in [0.25, 0.3) is 0 Å². The summed E-state index contributed by atoms with van der Waals surface area (Å²) in [6, 6.07) is 0. The second-order valence-corrected chi connectivity index (χ2v) is 17.2. The average Bonchev–Trinajstić information content (AvgIpc) is 3.12. The van der Waals surface area contributed by atoms with Gasteiger partial charge in [0.1, 0.15) is 6.10 Å². The molecule has 0 radical (unpaired) electrons. The molecule has 0 aliphatic carbocycles. The highest BCUT2D eigenvalue weighted by molar-refractivity contribution is 5.69.